The molecule has 1 amide bonds. The summed E-state index contributed by atoms with van der Waals surface area (Å²) in [5.74, 6) is 0.704. The molecule has 1 N–H and O–H groups in total. The van der Waals surface area contributed by atoms with Gasteiger partial charge in [0.25, 0.3) is 0 Å². The van der Waals surface area contributed by atoms with Crippen LogP contribution in [0.15, 0.2) is 60.7 Å². The van der Waals surface area contributed by atoms with Gasteiger partial charge < -0.3 is 10.1 Å². The van der Waals surface area contributed by atoms with Gasteiger partial charge in [-0.15, -0.1) is 0 Å². The molecular formula is C18H19NO2. The molecule has 0 fully saturated rings. The lowest BCUT2D eigenvalue weighted by Gasteiger charge is -2.04. The third-order valence-corrected chi connectivity index (χ3v) is 2.82. The molecule has 0 aliphatic rings. The fraction of sp³-hybridized carbons (Fsp3) is 0.167. The molecule has 0 bridgehead atoms. The minimum absolute atomic E-state index is 0.146. The maximum atomic E-state index is 11.8. The summed E-state index contributed by atoms with van der Waals surface area (Å²) in [6.07, 6.45) is 4.29. The summed E-state index contributed by atoms with van der Waals surface area (Å²) in [7, 11) is 0. The Labute approximate surface area is 125 Å². The van der Waals surface area contributed by atoms with Crippen molar-refractivity contribution in [2.24, 2.45) is 0 Å². The van der Waals surface area contributed by atoms with Crippen LogP contribution in [0.1, 0.15) is 18.9 Å². The van der Waals surface area contributed by atoms with Crippen LogP contribution in [0.5, 0.6) is 5.75 Å². The minimum Gasteiger partial charge on any atom is -0.494 e. The molecule has 0 saturated heterocycles. The van der Waals surface area contributed by atoms with Crippen molar-refractivity contribution in [2.45, 2.75) is 13.3 Å². The van der Waals surface area contributed by atoms with Gasteiger partial charge in [0.2, 0.25) is 5.91 Å². The van der Waals surface area contributed by atoms with Crippen LogP contribution in [0.3, 0.4) is 0 Å². The zero-order valence-corrected chi connectivity index (χ0v) is 12.1. The molecule has 0 aliphatic heterocycles. The van der Waals surface area contributed by atoms with Gasteiger partial charge >= 0.3 is 0 Å². The fourth-order valence-electron chi connectivity index (χ4n) is 1.77. The van der Waals surface area contributed by atoms with Crippen LogP contribution in [-0.4, -0.2) is 12.5 Å². The highest BCUT2D eigenvalue weighted by Gasteiger charge is 1.97. The van der Waals surface area contributed by atoms with Crippen LogP contribution in [0.2, 0.25) is 0 Å². The monoisotopic (exact) mass is 281 g/mol. The lowest BCUT2D eigenvalue weighted by atomic mass is 10.2. The molecule has 108 valence electrons. The molecular weight excluding hydrogens is 262 g/mol. The van der Waals surface area contributed by atoms with Gasteiger partial charge in [-0.25, -0.2) is 0 Å². The number of amides is 1. The lowest BCUT2D eigenvalue weighted by molar-refractivity contribution is -0.111. The molecule has 2 aromatic carbocycles. The number of carbonyl (C=O) groups excluding carboxylic acids is 1. The summed E-state index contributed by atoms with van der Waals surface area (Å²) in [5.41, 5.74) is 1.75. The van der Waals surface area contributed by atoms with E-state index in [9.17, 15) is 4.79 Å². The van der Waals surface area contributed by atoms with Crippen molar-refractivity contribution >= 4 is 17.7 Å². The Morgan fingerprint density at radius 1 is 1.10 bits per heavy atom. The Balaban J connectivity index is 1.89. The first-order valence-electron chi connectivity index (χ1n) is 7.05. The van der Waals surface area contributed by atoms with Crippen LogP contribution in [0.25, 0.3) is 6.08 Å². The second-order valence-corrected chi connectivity index (χ2v) is 4.61. The van der Waals surface area contributed by atoms with Crippen molar-refractivity contribution in [3.05, 3.63) is 66.2 Å². The van der Waals surface area contributed by atoms with Gasteiger partial charge in [0.05, 0.1) is 6.61 Å². The van der Waals surface area contributed by atoms with Crippen molar-refractivity contribution in [1.82, 2.24) is 0 Å². The van der Waals surface area contributed by atoms with Gasteiger partial charge in [0.15, 0.2) is 0 Å². The average molecular weight is 281 g/mol. The number of benzene rings is 2. The molecule has 0 aliphatic carbocycles. The predicted molar refractivity (Wildman–Crippen MR) is 86.3 cm³/mol. The van der Waals surface area contributed by atoms with Gasteiger partial charge in [0, 0.05) is 11.8 Å². The molecule has 21 heavy (non-hydrogen) atoms. The number of para-hydroxylation sites is 1. The van der Waals surface area contributed by atoms with E-state index in [2.05, 4.69) is 12.2 Å². The first-order valence-corrected chi connectivity index (χ1v) is 7.05. The number of carbonyl (C=O) groups is 1. The molecule has 3 nitrogen and oxygen atoms in total. The van der Waals surface area contributed by atoms with Crippen LogP contribution in [-0.2, 0) is 4.79 Å². The van der Waals surface area contributed by atoms with Crippen LogP contribution < -0.4 is 10.1 Å². The highest BCUT2D eigenvalue weighted by molar-refractivity contribution is 6.01. The smallest absolute Gasteiger partial charge is 0.248 e. The Morgan fingerprint density at radius 2 is 1.81 bits per heavy atom. The fourth-order valence-corrected chi connectivity index (χ4v) is 1.77. The number of hydrogen-bond donors (Lipinski definition) is 1. The lowest BCUT2D eigenvalue weighted by Crippen LogP contribution is -2.07. The predicted octanol–water partition coefficient (Wildman–Crippen LogP) is 4.13. The van der Waals surface area contributed by atoms with E-state index in [1.807, 2.05) is 54.6 Å². The van der Waals surface area contributed by atoms with Crippen LogP contribution in [0.4, 0.5) is 5.69 Å². The van der Waals surface area contributed by atoms with Crippen molar-refractivity contribution < 1.29 is 9.53 Å². The summed E-state index contributed by atoms with van der Waals surface area (Å²) in [5, 5.41) is 2.80. The molecule has 0 unspecified atom stereocenters. The van der Waals surface area contributed by atoms with Gasteiger partial charge in [0.1, 0.15) is 5.75 Å². The molecule has 3 heteroatoms. The second-order valence-electron chi connectivity index (χ2n) is 4.61. The molecule has 0 saturated carbocycles. The third-order valence-electron chi connectivity index (χ3n) is 2.82. The highest BCUT2D eigenvalue weighted by Crippen LogP contribution is 2.13. The van der Waals surface area contributed by atoms with E-state index >= 15 is 0 Å². The number of anilines is 1. The third kappa shape index (κ3) is 5.15. The van der Waals surface area contributed by atoms with Crippen LogP contribution in [0, 0.1) is 0 Å². The summed E-state index contributed by atoms with van der Waals surface area (Å²) >= 11 is 0. The van der Waals surface area contributed by atoms with Gasteiger partial charge in [-0.05, 0) is 42.3 Å². The summed E-state index contributed by atoms with van der Waals surface area (Å²) in [6.45, 7) is 2.79. The standard InChI is InChI=1S/C18H19NO2/c1-2-14-21-17-11-8-15(9-12-17)10-13-18(20)19-16-6-4-3-5-7-16/h3-13H,2,14H2,1H3,(H,19,20). The van der Waals surface area contributed by atoms with Gasteiger partial charge in [-0.2, -0.15) is 0 Å². The first kappa shape index (κ1) is 14.9. The SMILES string of the molecule is CCCOc1ccc(C=CC(=O)Nc2ccccc2)cc1. The molecule has 0 spiro atoms. The van der Waals surface area contributed by atoms with Crippen molar-refractivity contribution in [2.75, 3.05) is 11.9 Å². The molecule has 2 rings (SSSR count). The van der Waals surface area contributed by atoms with E-state index in [0.717, 1.165) is 23.4 Å². The summed E-state index contributed by atoms with van der Waals surface area (Å²) in [6, 6.07) is 17.1. The van der Waals surface area contributed by atoms with Crippen molar-refractivity contribution in [3.63, 3.8) is 0 Å². The van der Waals surface area contributed by atoms with E-state index in [1.54, 1.807) is 6.08 Å². The topological polar surface area (TPSA) is 38.3 Å². The molecule has 0 aromatic heterocycles. The van der Waals surface area contributed by atoms with Gasteiger partial charge in [-0.1, -0.05) is 37.3 Å². The summed E-state index contributed by atoms with van der Waals surface area (Å²) in [4.78, 5) is 11.8. The van der Waals surface area contributed by atoms with Crippen molar-refractivity contribution in [3.8, 4) is 5.75 Å². The van der Waals surface area contributed by atoms with E-state index in [0.29, 0.717) is 6.61 Å². The molecule has 0 atom stereocenters. The number of hydrogen-bond acceptors (Lipinski definition) is 2. The largest absolute Gasteiger partial charge is 0.494 e. The van der Waals surface area contributed by atoms with Crippen molar-refractivity contribution in [1.29, 1.82) is 0 Å². The van der Waals surface area contributed by atoms with E-state index in [-0.39, 0.29) is 5.91 Å². The van der Waals surface area contributed by atoms with Gasteiger partial charge in [-0.3, -0.25) is 4.79 Å². The maximum Gasteiger partial charge on any atom is 0.248 e. The molecule has 0 radical (unpaired) electrons. The highest BCUT2D eigenvalue weighted by atomic mass is 16.5. The van der Waals surface area contributed by atoms with Crippen LogP contribution >= 0.6 is 0 Å². The zero-order valence-electron chi connectivity index (χ0n) is 12.1. The first-order chi connectivity index (χ1) is 10.3. The Hall–Kier alpha value is -2.55. The average Bonchev–Trinajstić information content (AvgIpc) is 2.53. The number of nitrogens with one attached hydrogen (secondary N) is 1. The number of rotatable bonds is 6. The van der Waals surface area contributed by atoms with E-state index in [1.165, 1.54) is 6.08 Å². The Bertz CT molecular complexity index is 588. The molecule has 2 aromatic rings. The zero-order chi connectivity index (χ0) is 14.9. The van der Waals surface area contributed by atoms with E-state index in [4.69, 9.17) is 4.74 Å². The Kier molecular flexibility index (Phi) is 5.59. The quantitative estimate of drug-likeness (QED) is 0.809. The minimum atomic E-state index is -0.146. The normalized spacial score (nSPS) is 10.5. The summed E-state index contributed by atoms with van der Waals surface area (Å²) < 4.78 is 5.51. The number of ether oxygens (including phenoxy) is 1. The second kappa shape index (κ2) is 7.90. The molecule has 0 heterocycles. The maximum absolute atomic E-state index is 11.8. The van der Waals surface area contributed by atoms with E-state index < -0.39 is 0 Å². The Morgan fingerprint density at radius 3 is 2.48 bits per heavy atom.